The van der Waals surface area contributed by atoms with E-state index in [0.717, 1.165) is 12.8 Å². The smallest absolute Gasteiger partial charge is 0.0253 e. The fraction of sp³-hybridized carbons (Fsp3) is 0.500. The predicted molar refractivity (Wildman–Crippen MR) is 60.7 cm³/mol. The third-order valence-corrected chi connectivity index (χ3v) is 2.32. The molecular formula is C12H20N2. The Morgan fingerprint density at radius 3 is 2.36 bits per heavy atom. The quantitative estimate of drug-likeness (QED) is 0.554. The second-order valence-electron chi connectivity index (χ2n) is 4.18. The molecule has 1 rings (SSSR count). The molecule has 0 bridgehead atoms. The summed E-state index contributed by atoms with van der Waals surface area (Å²) in [5.41, 5.74) is 4.23. The van der Waals surface area contributed by atoms with Crippen molar-refractivity contribution in [2.75, 3.05) is 0 Å². The summed E-state index contributed by atoms with van der Waals surface area (Å²) < 4.78 is 0. The van der Waals surface area contributed by atoms with Crippen LogP contribution in [0.1, 0.15) is 25.8 Å². The van der Waals surface area contributed by atoms with E-state index < -0.39 is 0 Å². The van der Waals surface area contributed by atoms with Gasteiger partial charge in [0.2, 0.25) is 0 Å². The van der Waals surface area contributed by atoms with Crippen LogP contribution in [0.5, 0.6) is 0 Å². The van der Waals surface area contributed by atoms with Crippen molar-refractivity contribution in [2.45, 2.75) is 32.7 Å². The summed E-state index contributed by atoms with van der Waals surface area (Å²) in [5, 5.41) is 0. The first-order valence-electron chi connectivity index (χ1n) is 5.22. The number of nitrogens with one attached hydrogen (secondary N) is 1. The summed E-state index contributed by atoms with van der Waals surface area (Å²) in [6.07, 6.45) is 2.13. The van der Waals surface area contributed by atoms with Gasteiger partial charge in [0, 0.05) is 6.04 Å². The molecule has 3 N–H and O–H groups in total. The van der Waals surface area contributed by atoms with Gasteiger partial charge in [-0.05, 0) is 24.3 Å². The molecule has 0 aliphatic carbocycles. The lowest BCUT2D eigenvalue weighted by molar-refractivity contribution is 0.423. The van der Waals surface area contributed by atoms with E-state index in [9.17, 15) is 0 Å². The molecular weight excluding hydrogens is 172 g/mol. The van der Waals surface area contributed by atoms with Crippen LogP contribution in [0.25, 0.3) is 0 Å². The van der Waals surface area contributed by atoms with Gasteiger partial charge in [-0.15, -0.1) is 0 Å². The summed E-state index contributed by atoms with van der Waals surface area (Å²) in [6.45, 7) is 4.44. The Kier molecular flexibility index (Phi) is 4.63. The molecule has 0 heterocycles. The summed E-state index contributed by atoms with van der Waals surface area (Å²) >= 11 is 0. The maximum absolute atomic E-state index is 5.52. The van der Waals surface area contributed by atoms with Crippen LogP contribution in [0.15, 0.2) is 30.3 Å². The Morgan fingerprint density at radius 2 is 1.86 bits per heavy atom. The van der Waals surface area contributed by atoms with Crippen LogP contribution < -0.4 is 11.3 Å². The van der Waals surface area contributed by atoms with Crippen molar-refractivity contribution in [3.05, 3.63) is 35.9 Å². The van der Waals surface area contributed by atoms with Crippen molar-refractivity contribution in [2.24, 2.45) is 11.8 Å². The standard InChI is InChI=1S/C12H20N2/c1-10(2)8-12(14-13)9-11-6-4-3-5-7-11/h3-7,10,12,14H,8-9,13H2,1-2H3/t12-/m1/s1. The first-order valence-corrected chi connectivity index (χ1v) is 5.22. The minimum Gasteiger partial charge on any atom is -0.271 e. The Balaban J connectivity index is 2.48. The van der Waals surface area contributed by atoms with Gasteiger partial charge in [-0.1, -0.05) is 44.2 Å². The van der Waals surface area contributed by atoms with Gasteiger partial charge in [0.25, 0.3) is 0 Å². The highest BCUT2D eigenvalue weighted by Crippen LogP contribution is 2.10. The number of nitrogens with two attached hydrogens (primary N) is 1. The molecule has 1 aromatic carbocycles. The lowest BCUT2D eigenvalue weighted by Gasteiger charge is -2.17. The van der Waals surface area contributed by atoms with Crippen LogP contribution in [0.2, 0.25) is 0 Å². The highest BCUT2D eigenvalue weighted by Gasteiger charge is 2.09. The van der Waals surface area contributed by atoms with Crippen LogP contribution in [0.3, 0.4) is 0 Å². The van der Waals surface area contributed by atoms with Gasteiger partial charge >= 0.3 is 0 Å². The molecule has 0 aliphatic heterocycles. The van der Waals surface area contributed by atoms with E-state index in [1.807, 2.05) is 6.07 Å². The Bertz CT molecular complexity index is 244. The zero-order valence-electron chi connectivity index (χ0n) is 9.03. The molecule has 78 valence electrons. The van der Waals surface area contributed by atoms with Crippen LogP contribution in [0, 0.1) is 5.92 Å². The molecule has 0 spiro atoms. The van der Waals surface area contributed by atoms with E-state index in [4.69, 9.17) is 5.84 Å². The molecule has 0 aromatic heterocycles. The molecule has 0 fully saturated rings. The normalized spacial score (nSPS) is 13.1. The van der Waals surface area contributed by atoms with Crippen molar-refractivity contribution in [3.63, 3.8) is 0 Å². The molecule has 0 saturated carbocycles. The van der Waals surface area contributed by atoms with E-state index in [-0.39, 0.29) is 0 Å². The van der Waals surface area contributed by atoms with Gasteiger partial charge in [0.05, 0.1) is 0 Å². The SMILES string of the molecule is CC(C)C[C@H](Cc1ccccc1)NN. The van der Waals surface area contributed by atoms with Crippen molar-refractivity contribution >= 4 is 0 Å². The van der Waals surface area contributed by atoms with E-state index in [1.165, 1.54) is 5.56 Å². The number of hydrogen-bond donors (Lipinski definition) is 2. The summed E-state index contributed by atoms with van der Waals surface area (Å²) in [7, 11) is 0. The summed E-state index contributed by atoms with van der Waals surface area (Å²) in [6, 6.07) is 10.8. The molecule has 2 nitrogen and oxygen atoms in total. The molecule has 0 unspecified atom stereocenters. The van der Waals surface area contributed by atoms with E-state index in [1.54, 1.807) is 0 Å². The molecule has 0 radical (unpaired) electrons. The van der Waals surface area contributed by atoms with Gasteiger partial charge in [-0.3, -0.25) is 11.3 Å². The highest BCUT2D eigenvalue weighted by atomic mass is 15.2. The fourth-order valence-corrected chi connectivity index (χ4v) is 1.68. The number of benzene rings is 1. The molecule has 1 aromatic rings. The second-order valence-corrected chi connectivity index (χ2v) is 4.18. The van der Waals surface area contributed by atoms with Gasteiger partial charge in [-0.2, -0.15) is 0 Å². The predicted octanol–water partition coefficient (Wildman–Crippen LogP) is 2.11. The Morgan fingerprint density at radius 1 is 1.21 bits per heavy atom. The molecule has 14 heavy (non-hydrogen) atoms. The first kappa shape index (κ1) is 11.2. The molecule has 2 heteroatoms. The molecule has 0 amide bonds. The fourth-order valence-electron chi connectivity index (χ4n) is 1.68. The van der Waals surface area contributed by atoms with Gasteiger partial charge in [0.15, 0.2) is 0 Å². The third-order valence-electron chi connectivity index (χ3n) is 2.32. The highest BCUT2D eigenvalue weighted by molar-refractivity contribution is 5.15. The van der Waals surface area contributed by atoms with Crippen LogP contribution in [0.4, 0.5) is 0 Å². The molecule has 0 aliphatic rings. The lowest BCUT2D eigenvalue weighted by atomic mass is 9.98. The Hall–Kier alpha value is -0.860. The van der Waals surface area contributed by atoms with Crippen LogP contribution >= 0.6 is 0 Å². The number of hydrazine groups is 1. The summed E-state index contributed by atoms with van der Waals surface area (Å²) in [5.74, 6) is 6.20. The largest absolute Gasteiger partial charge is 0.271 e. The van der Waals surface area contributed by atoms with Gasteiger partial charge in [0.1, 0.15) is 0 Å². The maximum Gasteiger partial charge on any atom is 0.0253 e. The minimum absolute atomic E-state index is 0.386. The van der Waals surface area contributed by atoms with E-state index in [0.29, 0.717) is 12.0 Å². The second kappa shape index (κ2) is 5.78. The van der Waals surface area contributed by atoms with Crippen molar-refractivity contribution < 1.29 is 0 Å². The van der Waals surface area contributed by atoms with Gasteiger partial charge < -0.3 is 0 Å². The monoisotopic (exact) mass is 192 g/mol. The van der Waals surface area contributed by atoms with Crippen LogP contribution in [-0.4, -0.2) is 6.04 Å². The zero-order chi connectivity index (χ0) is 10.4. The average Bonchev–Trinajstić information content (AvgIpc) is 2.17. The Labute approximate surface area is 86.5 Å². The van der Waals surface area contributed by atoms with Crippen molar-refractivity contribution in [1.82, 2.24) is 5.43 Å². The first-order chi connectivity index (χ1) is 6.72. The molecule has 1 atom stereocenters. The van der Waals surface area contributed by atoms with Gasteiger partial charge in [-0.25, -0.2) is 0 Å². The average molecular weight is 192 g/mol. The number of rotatable bonds is 5. The third kappa shape index (κ3) is 3.90. The topological polar surface area (TPSA) is 38.0 Å². The number of hydrogen-bond acceptors (Lipinski definition) is 2. The minimum atomic E-state index is 0.386. The van der Waals surface area contributed by atoms with E-state index in [2.05, 4.69) is 43.5 Å². The van der Waals surface area contributed by atoms with Crippen LogP contribution in [-0.2, 0) is 6.42 Å². The van der Waals surface area contributed by atoms with Crippen molar-refractivity contribution in [3.8, 4) is 0 Å². The van der Waals surface area contributed by atoms with Crippen molar-refractivity contribution in [1.29, 1.82) is 0 Å². The summed E-state index contributed by atoms with van der Waals surface area (Å²) in [4.78, 5) is 0. The lowest BCUT2D eigenvalue weighted by Crippen LogP contribution is -2.37. The van der Waals surface area contributed by atoms with E-state index >= 15 is 0 Å². The maximum atomic E-state index is 5.52. The molecule has 0 saturated heterocycles. The zero-order valence-corrected chi connectivity index (χ0v) is 9.03.